The summed E-state index contributed by atoms with van der Waals surface area (Å²) in [6.07, 6.45) is 0.928. The van der Waals surface area contributed by atoms with Gasteiger partial charge in [-0.25, -0.2) is 0 Å². The Labute approximate surface area is 149 Å². The topological polar surface area (TPSA) is 43.6 Å². The Morgan fingerprint density at radius 1 is 1.29 bits per heavy atom. The molecule has 0 saturated heterocycles. The highest BCUT2D eigenvalue weighted by Crippen LogP contribution is 2.25. The Bertz CT molecular complexity index is 959. The minimum absolute atomic E-state index is 0.290. The number of fused-ring (bicyclic) bond motifs is 1. The number of rotatable bonds is 4. The van der Waals surface area contributed by atoms with E-state index in [0.717, 1.165) is 23.2 Å². The van der Waals surface area contributed by atoms with Crippen LogP contribution in [0.1, 0.15) is 23.7 Å². The second-order valence-corrected chi connectivity index (χ2v) is 6.69. The van der Waals surface area contributed by atoms with E-state index in [0.29, 0.717) is 21.1 Å². The molecule has 0 spiro atoms. The SMILES string of the molecule is CCCn1c(=NC(=O)c2cccc(OC)c2)sc2cccc(Cl)c21. The lowest BCUT2D eigenvalue weighted by Gasteiger charge is -2.04. The third kappa shape index (κ3) is 3.23. The maximum atomic E-state index is 12.5. The molecule has 0 aliphatic rings. The second-order valence-electron chi connectivity index (χ2n) is 5.27. The monoisotopic (exact) mass is 360 g/mol. The van der Waals surface area contributed by atoms with Gasteiger partial charge in [-0.15, -0.1) is 0 Å². The van der Waals surface area contributed by atoms with E-state index in [9.17, 15) is 4.79 Å². The van der Waals surface area contributed by atoms with Crippen LogP contribution in [0, 0.1) is 0 Å². The summed E-state index contributed by atoms with van der Waals surface area (Å²) in [7, 11) is 1.57. The molecule has 0 bridgehead atoms. The van der Waals surface area contributed by atoms with Crippen molar-refractivity contribution < 1.29 is 9.53 Å². The summed E-state index contributed by atoms with van der Waals surface area (Å²) in [6, 6.07) is 12.8. The van der Waals surface area contributed by atoms with Gasteiger partial charge < -0.3 is 9.30 Å². The van der Waals surface area contributed by atoms with E-state index in [1.807, 2.05) is 22.8 Å². The fourth-order valence-corrected chi connectivity index (χ4v) is 3.92. The number of halogens is 1. The van der Waals surface area contributed by atoms with Gasteiger partial charge in [-0.05, 0) is 36.8 Å². The van der Waals surface area contributed by atoms with Gasteiger partial charge in [-0.2, -0.15) is 4.99 Å². The molecular weight excluding hydrogens is 344 g/mol. The number of hydrogen-bond acceptors (Lipinski definition) is 3. The fraction of sp³-hybridized carbons (Fsp3) is 0.222. The zero-order chi connectivity index (χ0) is 17.1. The van der Waals surface area contributed by atoms with Crippen LogP contribution in [-0.4, -0.2) is 17.6 Å². The summed E-state index contributed by atoms with van der Waals surface area (Å²) in [5.41, 5.74) is 1.43. The Balaban J connectivity index is 2.13. The molecular formula is C18H17ClN2O2S. The molecule has 1 heterocycles. The van der Waals surface area contributed by atoms with Crippen LogP contribution in [0.5, 0.6) is 5.75 Å². The summed E-state index contributed by atoms with van der Waals surface area (Å²) in [6.45, 7) is 2.84. The average Bonchev–Trinajstić information content (AvgIpc) is 2.94. The molecule has 3 rings (SSSR count). The number of amides is 1. The smallest absolute Gasteiger partial charge is 0.279 e. The summed E-state index contributed by atoms with van der Waals surface area (Å²) in [4.78, 5) is 17.5. The van der Waals surface area contributed by atoms with Crippen LogP contribution >= 0.6 is 22.9 Å². The van der Waals surface area contributed by atoms with Gasteiger partial charge in [0.2, 0.25) is 0 Å². The molecule has 4 nitrogen and oxygen atoms in total. The lowest BCUT2D eigenvalue weighted by Crippen LogP contribution is -2.17. The third-order valence-corrected chi connectivity index (χ3v) is 4.96. The molecule has 0 unspecified atom stereocenters. The van der Waals surface area contributed by atoms with Crippen LogP contribution < -0.4 is 9.54 Å². The normalized spacial score (nSPS) is 11.9. The molecule has 24 heavy (non-hydrogen) atoms. The predicted molar refractivity (Wildman–Crippen MR) is 98.0 cm³/mol. The average molecular weight is 361 g/mol. The van der Waals surface area contributed by atoms with E-state index in [1.54, 1.807) is 31.4 Å². The van der Waals surface area contributed by atoms with E-state index in [4.69, 9.17) is 16.3 Å². The summed E-state index contributed by atoms with van der Waals surface area (Å²) < 4.78 is 8.20. The standard InChI is InChI=1S/C18H17ClN2O2S/c1-3-10-21-16-14(19)8-5-9-15(16)24-18(21)20-17(22)12-6-4-7-13(11-12)23-2/h4-9,11H,3,10H2,1-2H3. The van der Waals surface area contributed by atoms with Crippen molar-refractivity contribution >= 4 is 39.1 Å². The number of nitrogens with zero attached hydrogens (tertiary/aromatic N) is 2. The summed E-state index contributed by atoms with van der Waals surface area (Å²) in [5.74, 6) is 0.346. The van der Waals surface area contributed by atoms with Crippen molar-refractivity contribution in [3.8, 4) is 5.75 Å². The fourth-order valence-electron chi connectivity index (χ4n) is 2.51. The van der Waals surface area contributed by atoms with Crippen molar-refractivity contribution in [3.63, 3.8) is 0 Å². The van der Waals surface area contributed by atoms with Gasteiger partial charge in [0, 0.05) is 12.1 Å². The van der Waals surface area contributed by atoms with Crippen LogP contribution in [-0.2, 0) is 6.54 Å². The molecule has 0 fully saturated rings. The largest absolute Gasteiger partial charge is 0.497 e. The lowest BCUT2D eigenvalue weighted by molar-refractivity contribution is 0.0997. The zero-order valence-corrected chi connectivity index (χ0v) is 15.0. The zero-order valence-electron chi connectivity index (χ0n) is 13.5. The summed E-state index contributed by atoms with van der Waals surface area (Å²) in [5, 5.41) is 0.674. The van der Waals surface area contributed by atoms with Gasteiger partial charge in [0.25, 0.3) is 5.91 Å². The number of aryl methyl sites for hydroxylation is 1. The highest BCUT2D eigenvalue weighted by molar-refractivity contribution is 7.16. The number of carbonyl (C=O) groups is 1. The van der Waals surface area contributed by atoms with Crippen molar-refractivity contribution in [2.24, 2.45) is 4.99 Å². The molecule has 0 atom stereocenters. The van der Waals surface area contributed by atoms with E-state index >= 15 is 0 Å². The maximum Gasteiger partial charge on any atom is 0.279 e. The van der Waals surface area contributed by atoms with Gasteiger partial charge >= 0.3 is 0 Å². The number of ether oxygens (including phenoxy) is 1. The molecule has 0 saturated carbocycles. The molecule has 0 aliphatic heterocycles. The van der Waals surface area contributed by atoms with E-state index in [1.165, 1.54) is 11.3 Å². The van der Waals surface area contributed by atoms with E-state index in [-0.39, 0.29) is 5.91 Å². The number of methoxy groups -OCH3 is 1. The molecule has 1 amide bonds. The number of benzene rings is 2. The quantitative estimate of drug-likeness (QED) is 0.686. The number of para-hydroxylation sites is 1. The van der Waals surface area contributed by atoms with Crippen molar-refractivity contribution in [2.45, 2.75) is 19.9 Å². The maximum absolute atomic E-state index is 12.5. The first-order valence-corrected chi connectivity index (χ1v) is 8.84. The van der Waals surface area contributed by atoms with E-state index < -0.39 is 0 Å². The molecule has 0 radical (unpaired) electrons. The number of thiazole rings is 1. The van der Waals surface area contributed by atoms with Crippen LogP contribution in [0.2, 0.25) is 5.02 Å². The van der Waals surface area contributed by atoms with Crippen LogP contribution in [0.3, 0.4) is 0 Å². The number of carbonyl (C=O) groups excluding carboxylic acids is 1. The molecule has 6 heteroatoms. The van der Waals surface area contributed by atoms with Gasteiger partial charge in [0.1, 0.15) is 5.75 Å². The molecule has 2 aromatic carbocycles. The first kappa shape index (κ1) is 16.7. The Morgan fingerprint density at radius 2 is 2.08 bits per heavy atom. The van der Waals surface area contributed by atoms with Crippen LogP contribution in [0.4, 0.5) is 0 Å². The van der Waals surface area contributed by atoms with Crippen molar-refractivity contribution in [1.82, 2.24) is 4.57 Å². The highest BCUT2D eigenvalue weighted by Gasteiger charge is 2.11. The molecule has 124 valence electrons. The van der Waals surface area contributed by atoms with Gasteiger partial charge in [0.15, 0.2) is 4.80 Å². The minimum Gasteiger partial charge on any atom is -0.497 e. The molecule has 1 aromatic heterocycles. The second kappa shape index (κ2) is 7.20. The van der Waals surface area contributed by atoms with Gasteiger partial charge in [0.05, 0.1) is 22.3 Å². The lowest BCUT2D eigenvalue weighted by atomic mass is 10.2. The number of hydrogen-bond donors (Lipinski definition) is 0. The Hall–Kier alpha value is -2.11. The first-order valence-electron chi connectivity index (χ1n) is 7.65. The molecule has 3 aromatic rings. The highest BCUT2D eigenvalue weighted by atomic mass is 35.5. The van der Waals surface area contributed by atoms with Crippen molar-refractivity contribution in [3.05, 3.63) is 57.9 Å². The van der Waals surface area contributed by atoms with Crippen LogP contribution in [0.25, 0.3) is 10.2 Å². The predicted octanol–water partition coefficient (Wildman–Crippen LogP) is 4.52. The van der Waals surface area contributed by atoms with Crippen molar-refractivity contribution in [2.75, 3.05) is 7.11 Å². The van der Waals surface area contributed by atoms with Gasteiger partial charge in [-0.1, -0.05) is 42.0 Å². The van der Waals surface area contributed by atoms with Crippen LogP contribution in [0.15, 0.2) is 47.5 Å². The summed E-state index contributed by atoms with van der Waals surface area (Å²) >= 11 is 7.82. The first-order chi connectivity index (χ1) is 11.6. The number of aromatic nitrogens is 1. The van der Waals surface area contributed by atoms with E-state index in [2.05, 4.69) is 11.9 Å². The van der Waals surface area contributed by atoms with Gasteiger partial charge in [-0.3, -0.25) is 4.79 Å². The Kier molecular flexibility index (Phi) is 5.02. The minimum atomic E-state index is -0.290. The molecule has 0 aliphatic carbocycles. The van der Waals surface area contributed by atoms with Crippen molar-refractivity contribution in [1.29, 1.82) is 0 Å². The Morgan fingerprint density at radius 3 is 2.83 bits per heavy atom. The molecule has 0 N–H and O–H groups in total. The third-order valence-electron chi connectivity index (χ3n) is 3.61.